The van der Waals surface area contributed by atoms with Crippen LogP contribution in [0.3, 0.4) is 0 Å². The number of ether oxygens (including phenoxy) is 2. The number of amides is 1. The molecule has 0 N–H and O–H groups in total. The summed E-state index contributed by atoms with van der Waals surface area (Å²) in [5.41, 5.74) is 1.85. The molecule has 0 radical (unpaired) electrons. The van der Waals surface area contributed by atoms with Crippen molar-refractivity contribution in [3.63, 3.8) is 0 Å². The van der Waals surface area contributed by atoms with Crippen LogP contribution in [0.1, 0.15) is 15.9 Å². The molecule has 1 saturated heterocycles. The SMILES string of the molecule is O=C(c1ccc2c(c1)OCO2)N1CCN(Cc2cccnc2)CC1. The molecular formula is C18H19N3O3. The minimum Gasteiger partial charge on any atom is -0.454 e. The Bertz CT molecular complexity index is 728. The van der Waals surface area contributed by atoms with Gasteiger partial charge in [0.1, 0.15) is 0 Å². The number of carbonyl (C=O) groups excluding carboxylic acids is 1. The van der Waals surface area contributed by atoms with Gasteiger partial charge in [-0.1, -0.05) is 6.07 Å². The molecule has 0 unspecified atom stereocenters. The summed E-state index contributed by atoms with van der Waals surface area (Å²) in [5.74, 6) is 1.40. The molecule has 1 aromatic carbocycles. The lowest BCUT2D eigenvalue weighted by atomic mass is 10.1. The molecule has 1 amide bonds. The van der Waals surface area contributed by atoms with Gasteiger partial charge in [-0.05, 0) is 29.8 Å². The van der Waals surface area contributed by atoms with E-state index in [0.717, 1.165) is 32.7 Å². The maximum Gasteiger partial charge on any atom is 0.254 e. The van der Waals surface area contributed by atoms with E-state index in [4.69, 9.17) is 9.47 Å². The van der Waals surface area contributed by atoms with Crippen LogP contribution in [0.15, 0.2) is 42.7 Å². The van der Waals surface area contributed by atoms with E-state index in [1.54, 1.807) is 24.4 Å². The second-order valence-corrected chi connectivity index (χ2v) is 6.00. The van der Waals surface area contributed by atoms with Gasteiger partial charge in [-0.15, -0.1) is 0 Å². The van der Waals surface area contributed by atoms with Crippen LogP contribution in [0.25, 0.3) is 0 Å². The van der Waals surface area contributed by atoms with Gasteiger partial charge in [0.25, 0.3) is 5.91 Å². The van der Waals surface area contributed by atoms with Crippen molar-refractivity contribution in [2.45, 2.75) is 6.54 Å². The number of hydrogen-bond donors (Lipinski definition) is 0. The molecule has 2 aliphatic heterocycles. The highest BCUT2D eigenvalue weighted by Crippen LogP contribution is 2.32. The van der Waals surface area contributed by atoms with E-state index < -0.39 is 0 Å². The van der Waals surface area contributed by atoms with E-state index in [1.807, 2.05) is 17.2 Å². The van der Waals surface area contributed by atoms with E-state index in [2.05, 4.69) is 16.0 Å². The summed E-state index contributed by atoms with van der Waals surface area (Å²) in [6, 6.07) is 9.41. The molecule has 1 aromatic heterocycles. The van der Waals surface area contributed by atoms with Crippen LogP contribution >= 0.6 is 0 Å². The minimum atomic E-state index is 0.0503. The first kappa shape index (κ1) is 15.0. The predicted molar refractivity (Wildman–Crippen MR) is 88.0 cm³/mol. The van der Waals surface area contributed by atoms with Crippen LogP contribution in [-0.4, -0.2) is 53.7 Å². The number of nitrogens with zero attached hydrogens (tertiary/aromatic N) is 3. The molecule has 2 aromatic rings. The maximum absolute atomic E-state index is 12.7. The lowest BCUT2D eigenvalue weighted by Gasteiger charge is -2.34. The first-order chi connectivity index (χ1) is 11.8. The predicted octanol–water partition coefficient (Wildman–Crippen LogP) is 1.77. The standard InChI is InChI=1S/C18H19N3O3/c22-18(15-3-4-16-17(10-15)24-13-23-16)21-8-6-20(7-9-21)12-14-2-1-5-19-11-14/h1-5,10-11H,6-9,12-13H2. The van der Waals surface area contributed by atoms with Gasteiger partial charge in [0.2, 0.25) is 6.79 Å². The van der Waals surface area contributed by atoms with Crippen molar-refractivity contribution in [1.29, 1.82) is 0 Å². The first-order valence-electron chi connectivity index (χ1n) is 8.10. The van der Waals surface area contributed by atoms with E-state index in [1.165, 1.54) is 5.56 Å². The Kier molecular flexibility index (Phi) is 4.04. The highest BCUT2D eigenvalue weighted by Gasteiger charge is 2.24. The summed E-state index contributed by atoms with van der Waals surface area (Å²) in [6.07, 6.45) is 3.68. The van der Waals surface area contributed by atoms with Gasteiger partial charge in [0, 0.05) is 50.7 Å². The number of rotatable bonds is 3. The second-order valence-electron chi connectivity index (χ2n) is 6.00. The molecule has 4 rings (SSSR count). The Labute approximate surface area is 140 Å². The fourth-order valence-corrected chi connectivity index (χ4v) is 3.07. The fourth-order valence-electron chi connectivity index (χ4n) is 3.07. The maximum atomic E-state index is 12.7. The van der Waals surface area contributed by atoms with Gasteiger partial charge in [-0.3, -0.25) is 14.7 Å². The molecule has 0 bridgehead atoms. The average molecular weight is 325 g/mol. The van der Waals surface area contributed by atoms with E-state index >= 15 is 0 Å². The molecule has 124 valence electrons. The molecule has 1 fully saturated rings. The van der Waals surface area contributed by atoms with Crippen molar-refractivity contribution in [3.8, 4) is 11.5 Å². The molecule has 24 heavy (non-hydrogen) atoms. The number of piperazine rings is 1. The molecule has 3 heterocycles. The first-order valence-corrected chi connectivity index (χ1v) is 8.10. The quantitative estimate of drug-likeness (QED) is 0.861. The summed E-state index contributed by atoms with van der Waals surface area (Å²) in [4.78, 5) is 21.1. The summed E-state index contributed by atoms with van der Waals surface area (Å²) in [5, 5.41) is 0. The van der Waals surface area contributed by atoms with Gasteiger partial charge >= 0.3 is 0 Å². The molecule has 0 atom stereocenters. The number of benzene rings is 1. The van der Waals surface area contributed by atoms with Crippen molar-refractivity contribution in [3.05, 3.63) is 53.9 Å². The summed E-state index contributed by atoms with van der Waals surface area (Å²) in [7, 11) is 0. The lowest BCUT2D eigenvalue weighted by molar-refractivity contribution is 0.0628. The largest absolute Gasteiger partial charge is 0.454 e. The highest BCUT2D eigenvalue weighted by molar-refractivity contribution is 5.95. The third kappa shape index (κ3) is 3.05. The van der Waals surface area contributed by atoms with Crippen LogP contribution < -0.4 is 9.47 Å². The zero-order valence-corrected chi connectivity index (χ0v) is 13.4. The number of carbonyl (C=O) groups is 1. The molecule has 0 aliphatic carbocycles. The Morgan fingerprint density at radius 2 is 1.92 bits per heavy atom. The molecular weight excluding hydrogens is 306 g/mol. The van der Waals surface area contributed by atoms with Crippen molar-refractivity contribution in [2.75, 3.05) is 33.0 Å². The lowest BCUT2D eigenvalue weighted by Crippen LogP contribution is -2.48. The Morgan fingerprint density at radius 3 is 2.71 bits per heavy atom. The third-order valence-electron chi connectivity index (χ3n) is 4.41. The van der Waals surface area contributed by atoms with Crippen molar-refractivity contribution >= 4 is 5.91 Å². The average Bonchev–Trinajstić information content (AvgIpc) is 3.10. The topological polar surface area (TPSA) is 54.9 Å². The normalized spacial score (nSPS) is 17.1. The van der Waals surface area contributed by atoms with E-state index in [9.17, 15) is 4.79 Å². The van der Waals surface area contributed by atoms with E-state index in [-0.39, 0.29) is 12.7 Å². The van der Waals surface area contributed by atoms with Gasteiger partial charge in [-0.25, -0.2) is 0 Å². The van der Waals surface area contributed by atoms with Crippen LogP contribution in [0, 0.1) is 0 Å². The Morgan fingerprint density at radius 1 is 1.08 bits per heavy atom. The number of hydrogen-bond acceptors (Lipinski definition) is 5. The number of aromatic nitrogens is 1. The molecule has 0 saturated carbocycles. The molecule has 0 spiro atoms. The number of pyridine rings is 1. The summed E-state index contributed by atoms with van der Waals surface area (Å²) >= 11 is 0. The Hall–Kier alpha value is -2.60. The van der Waals surface area contributed by atoms with Crippen LogP contribution in [-0.2, 0) is 6.54 Å². The van der Waals surface area contributed by atoms with E-state index in [0.29, 0.717) is 17.1 Å². The molecule has 6 nitrogen and oxygen atoms in total. The monoisotopic (exact) mass is 325 g/mol. The minimum absolute atomic E-state index is 0.0503. The van der Waals surface area contributed by atoms with Crippen molar-refractivity contribution in [1.82, 2.24) is 14.8 Å². The summed E-state index contributed by atoms with van der Waals surface area (Å²) in [6.45, 7) is 4.29. The smallest absolute Gasteiger partial charge is 0.254 e. The van der Waals surface area contributed by atoms with Gasteiger partial charge in [0.15, 0.2) is 11.5 Å². The molecule has 6 heteroatoms. The van der Waals surface area contributed by atoms with Crippen molar-refractivity contribution < 1.29 is 14.3 Å². The zero-order valence-electron chi connectivity index (χ0n) is 13.4. The van der Waals surface area contributed by atoms with Crippen LogP contribution in [0.5, 0.6) is 11.5 Å². The van der Waals surface area contributed by atoms with Gasteiger partial charge in [-0.2, -0.15) is 0 Å². The van der Waals surface area contributed by atoms with Crippen LogP contribution in [0.4, 0.5) is 0 Å². The number of fused-ring (bicyclic) bond motifs is 1. The molecule has 2 aliphatic rings. The Balaban J connectivity index is 1.36. The third-order valence-corrected chi connectivity index (χ3v) is 4.41. The fraction of sp³-hybridized carbons (Fsp3) is 0.333. The van der Waals surface area contributed by atoms with Gasteiger partial charge in [0.05, 0.1) is 0 Å². The summed E-state index contributed by atoms with van der Waals surface area (Å²) < 4.78 is 10.6. The zero-order chi connectivity index (χ0) is 16.4. The highest BCUT2D eigenvalue weighted by atomic mass is 16.7. The van der Waals surface area contributed by atoms with Crippen LogP contribution in [0.2, 0.25) is 0 Å². The van der Waals surface area contributed by atoms with Crippen molar-refractivity contribution in [2.24, 2.45) is 0 Å². The second kappa shape index (κ2) is 6.49. The van der Waals surface area contributed by atoms with Gasteiger partial charge < -0.3 is 14.4 Å².